The molecule has 0 fully saturated rings. The third kappa shape index (κ3) is 3.81. The Morgan fingerprint density at radius 3 is 2.33 bits per heavy atom. The number of amides is 1. The number of methoxy groups -OCH3 is 1. The molecule has 1 aromatic carbocycles. The van der Waals surface area contributed by atoms with Gasteiger partial charge in [0.2, 0.25) is 0 Å². The quantitative estimate of drug-likeness (QED) is 0.936. The SMILES string of the molecule is COc1ccc(C(=O)Nc2cccc(C(C)(C)C)n2)cc1. The van der Waals surface area contributed by atoms with E-state index in [1.807, 2.05) is 12.1 Å². The molecule has 1 amide bonds. The van der Waals surface area contributed by atoms with Crippen LogP contribution in [-0.4, -0.2) is 18.0 Å². The van der Waals surface area contributed by atoms with Gasteiger partial charge in [-0.05, 0) is 36.4 Å². The lowest BCUT2D eigenvalue weighted by Crippen LogP contribution is -2.17. The van der Waals surface area contributed by atoms with Crippen LogP contribution >= 0.6 is 0 Å². The molecule has 0 aliphatic heterocycles. The van der Waals surface area contributed by atoms with Crippen molar-refractivity contribution < 1.29 is 9.53 Å². The third-order valence-corrected chi connectivity index (χ3v) is 3.11. The average Bonchev–Trinajstić information content (AvgIpc) is 2.47. The molecule has 0 saturated carbocycles. The number of pyridine rings is 1. The fourth-order valence-electron chi connectivity index (χ4n) is 1.85. The zero-order valence-corrected chi connectivity index (χ0v) is 12.8. The van der Waals surface area contributed by atoms with Crippen LogP contribution in [-0.2, 0) is 5.41 Å². The Labute approximate surface area is 125 Å². The van der Waals surface area contributed by atoms with Gasteiger partial charge < -0.3 is 10.1 Å². The minimum absolute atomic E-state index is 0.0547. The summed E-state index contributed by atoms with van der Waals surface area (Å²) in [5, 5.41) is 2.82. The molecule has 0 unspecified atom stereocenters. The van der Waals surface area contributed by atoms with Crippen LogP contribution in [0.15, 0.2) is 42.5 Å². The van der Waals surface area contributed by atoms with Crippen LogP contribution in [0.2, 0.25) is 0 Å². The van der Waals surface area contributed by atoms with Gasteiger partial charge in [-0.15, -0.1) is 0 Å². The number of rotatable bonds is 3. The van der Waals surface area contributed by atoms with Crippen molar-refractivity contribution in [3.05, 3.63) is 53.7 Å². The van der Waals surface area contributed by atoms with E-state index in [-0.39, 0.29) is 11.3 Å². The lowest BCUT2D eigenvalue weighted by atomic mass is 9.92. The molecule has 0 radical (unpaired) electrons. The fourth-order valence-corrected chi connectivity index (χ4v) is 1.85. The number of nitrogens with one attached hydrogen (secondary N) is 1. The fraction of sp³-hybridized carbons (Fsp3) is 0.294. The average molecular weight is 284 g/mol. The Morgan fingerprint density at radius 1 is 1.10 bits per heavy atom. The minimum Gasteiger partial charge on any atom is -0.497 e. The number of aromatic nitrogens is 1. The van der Waals surface area contributed by atoms with E-state index in [1.54, 1.807) is 37.4 Å². The molecule has 110 valence electrons. The molecule has 2 rings (SSSR count). The van der Waals surface area contributed by atoms with Crippen LogP contribution in [0, 0.1) is 0 Å². The molecule has 4 heteroatoms. The van der Waals surface area contributed by atoms with Crippen molar-refractivity contribution in [3.8, 4) is 5.75 Å². The van der Waals surface area contributed by atoms with E-state index in [2.05, 4.69) is 31.1 Å². The Kier molecular flexibility index (Phi) is 4.26. The first kappa shape index (κ1) is 15.0. The molecule has 0 atom stereocenters. The maximum Gasteiger partial charge on any atom is 0.256 e. The number of carbonyl (C=O) groups excluding carboxylic acids is 1. The van der Waals surface area contributed by atoms with Crippen LogP contribution in [0.5, 0.6) is 5.75 Å². The topological polar surface area (TPSA) is 51.2 Å². The first-order valence-corrected chi connectivity index (χ1v) is 6.83. The zero-order valence-electron chi connectivity index (χ0n) is 12.8. The molecule has 1 heterocycles. The molecular formula is C17H20N2O2. The predicted octanol–water partition coefficient (Wildman–Crippen LogP) is 3.64. The van der Waals surface area contributed by atoms with Crippen molar-refractivity contribution >= 4 is 11.7 Å². The largest absolute Gasteiger partial charge is 0.497 e. The molecule has 0 saturated heterocycles. The van der Waals surface area contributed by atoms with Crippen molar-refractivity contribution in [1.29, 1.82) is 0 Å². The number of anilines is 1. The zero-order chi connectivity index (χ0) is 15.5. The number of carbonyl (C=O) groups is 1. The van der Waals surface area contributed by atoms with Gasteiger partial charge >= 0.3 is 0 Å². The summed E-state index contributed by atoms with van der Waals surface area (Å²) >= 11 is 0. The van der Waals surface area contributed by atoms with E-state index in [1.165, 1.54) is 0 Å². The number of hydrogen-bond donors (Lipinski definition) is 1. The molecule has 0 bridgehead atoms. The molecule has 1 N–H and O–H groups in total. The lowest BCUT2D eigenvalue weighted by molar-refractivity contribution is 0.102. The summed E-state index contributed by atoms with van der Waals surface area (Å²) in [7, 11) is 1.59. The van der Waals surface area contributed by atoms with Gasteiger partial charge in [0.15, 0.2) is 0 Å². The van der Waals surface area contributed by atoms with E-state index in [9.17, 15) is 4.79 Å². The van der Waals surface area contributed by atoms with E-state index in [0.29, 0.717) is 11.4 Å². The van der Waals surface area contributed by atoms with E-state index in [4.69, 9.17) is 4.74 Å². The standard InChI is InChI=1S/C17H20N2O2/c1-17(2,3)14-6-5-7-15(18-14)19-16(20)12-8-10-13(21-4)11-9-12/h5-11H,1-4H3,(H,18,19,20). The van der Waals surface area contributed by atoms with Gasteiger partial charge in [0.05, 0.1) is 7.11 Å². The van der Waals surface area contributed by atoms with Crippen LogP contribution in [0.25, 0.3) is 0 Å². The summed E-state index contributed by atoms with van der Waals surface area (Å²) in [5.41, 5.74) is 1.45. The highest BCUT2D eigenvalue weighted by Crippen LogP contribution is 2.21. The van der Waals surface area contributed by atoms with Crippen molar-refractivity contribution in [2.45, 2.75) is 26.2 Å². The molecule has 2 aromatic rings. The van der Waals surface area contributed by atoms with Gasteiger partial charge in [-0.25, -0.2) is 4.98 Å². The summed E-state index contributed by atoms with van der Waals surface area (Å²) in [6, 6.07) is 12.6. The van der Waals surface area contributed by atoms with Crippen LogP contribution in [0.1, 0.15) is 36.8 Å². The van der Waals surface area contributed by atoms with Crippen LogP contribution in [0.3, 0.4) is 0 Å². The van der Waals surface area contributed by atoms with Crippen LogP contribution < -0.4 is 10.1 Å². The Morgan fingerprint density at radius 2 is 1.76 bits per heavy atom. The summed E-state index contributed by atoms with van der Waals surface area (Å²) in [6.45, 7) is 6.26. The van der Waals surface area contributed by atoms with E-state index < -0.39 is 0 Å². The predicted molar refractivity (Wildman–Crippen MR) is 83.9 cm³/mol. The van der Waals surface area contributed by atoms with Crippen molar-refractivity contribution in [1.82, 2.24) is 4.98 Å². The summed E-state index contributed by atoms with van der Waals surface area (Å²) in [5.74, 6) is 1.10. The first-order valence-electron chi connectivity index (χ1n) is 6.83. The number of benzene rings is 1. The monoisotopic (exact) mass is 284 g/mol. The van der Waals surface area contributed by atoms with E-state index >= 15 is 0 Å². The minimum atomic E-state index is -0.184. The van der Waals surface area contributed by atoms with Gasteiger partial charge in [-0.3, -0.25) is 4.79 Å². The molecule has 0 aliphatic carbocycles. The summed E-state index contributed by atoms with van der Waals surface area (Å²) < 4.78 is 5.08. The Balaban J connectivity index is 2.15. The smallest absolute Gasteiger partial charge is 0.256 e. The Hall–Kier alpha value is -2.36. The van der Waals surface area contributed by atoms with E-state index in [0.717, 1.165) is 11.4 Å². The number of hydrogen-bond acceptors (Lipinski definition) is 3. The Bertz CT molecular complexity index is 628. The number of nitrogens with zero attached hydrogens (tertiary/aromatic N) is 1. The maximum absolute atomic E-state index is 12.2. The summed E-state index contributed by atoms with van der Waals surface area (Å²) in [4.78, 5) is 16.7. The van der Waals surface area contributed by atoms with Crippen LogP contribution in [0.4, 0.5) is 5.82 Å². The highest BCUT2D eigenvalue weighted by atomic mass is 16.5. The molecular weight excluding hydrogens is 264 g/mol. The highest BCUT2D eigenvalue weighted by Gasteiger charge is 2.16. The second kappa shape index (κ2) is 5.95. The second-order valence-corrected chi connectivity index (χ2v) is 5.84. The van der Waals surface area contributed by atoms with Gasteiger partial charge in [-0.2, -0.15) is 0 Å². The summed E-state index contributed by atoms with van der Waals surface area (Å²) in [6.07, 6.45) is 0. The number of ether oxygens (including phenoxy) is 1. The highest BCUT2D eigenvalue weighted by molar-refractivity contribution is 6.03. The van der Waals surface area contributed by atoms with Gasteiger partial charge in [-0.1, -0.05) is 26.8 Å². The molecule has 4 nitrogen and oxygen atoms in total. The molecule has 0 aliphatic rings. The maximum atomic E-state index is 12.2. The van der Waals surface area contributed by atoms with Crippen molar-refractivity contribution in [2.24, 2.45) is 0 Å². The molecule has 0 spiro atoms. The van der Waals surface area contributed by atoms with Crippen molar-refractivity contribution in [3.63, 3.8) is 0 Å². The first-order chi connectivity index (χ1) is 9.90. The van der Waals surface area contributed by atoms with Gasteiger partial charge in [0, 0.05) is 16.7 Å². The van der Waals surface area contributed by atoms with Crippen molar-refractivity contribution in [2.75, 3.05) is 12.4 Å². The third-order valence-electron chi connectivity index (χ3n) is 3.11. The van der Waals surface area contributed by atoms with Gasteiger partial charge in [0.25, 0.3) is 5.91 Å². The molecule has 1 aromatic heterocycles. The second-order valence-electron chi connectivity index (χ2n) is 5.84. The lowest BCUT2D eigenvalue weighted by Gasteiger charge is -2.18. The van der Waals surface area contributed by atoms with Gasteiger partial charge in [0.1, 0.15) is 11.6 Å². The normalized spacial score (nSPS) is 11.0. The molecule has 21 heavy (non-hydrogen) atoms.